The normalized spacial score (nSPS) is 11.2. The third-order valence-electron chi connectivity index (χ3n) is 3.94. The summed E-state index contributed by atoms with van der Waals surface area (Å²) in [6.07, 6.45) is 3.69. The smallest absolute Gasteiger partial charge is 0.132 e. The Kier molecular flexibility index (Phi) is 3.50. The minimum Gasteiger partial charge on any atom is -0.360 e. The van der Waals surface area contributed by atoms with Crippen molar-refractivity contribution in [1.82, 2.24) is 14.5 Å². The van der Waals surface area contributed by atoms with E-state index < -0.39 is 0 Å². The number of rotatable bonds is 3. The molecule has 0 fully saturated rings. The molecule has 2 aromatic carbocycles. The second-order valence-corrected chi connectivity index (χ2v) is 6.10. The van der Waals surface area contributed by atoms with Gasteiger partial charge >= 0.3 is 0 Å². The first-order valence-corrected chi connectivity index (χ1v) is 8.04. The first-order chi connectivity index (χ1) is 11.2. The summed E-state index contributed by atoms with van der Waals surface area (Å²) in [5.41, 5.74) is 3.68. The topological polar surface area (TPSA) is 33.6 Å². The number of halogens is 2. The minimum absolute atomic E-state index is 0.206. The van der Waals surface area contributed by atoms with E-state index in [1.807, 2.05) is 35.0 Å². The molecule has 4 rings (SSSR count). The second kappa shape index (κ2) is 5.66. The molecule has 0 unspecified atom stereocenters. The molecule has 23 heavy (non-hydrogen) atoms. The van der Waals surface area contributed by atoms with E-state index in [0.29, 0.717) is 12.1 Å². The number of imidazole rings is 1. The van der Waals surface area contributed by atoms with Crippen LogP contribution >= 0.6 is 15.9 Å². The fourth-order valence-corrected chi connectivity index (χ4v) is 3.35. The highest BCUT2D eigenvalue weighted by molar-refractivity contribution is 9.10. The van der Waals surface area contributed by atoms with Crippen LogP contribution in [0.5, 0.6) is 0 Å². The van der Waals surface area contributed by atoms with E-state index in [9.17, 15) is 4.39 Å². The molecule has 1 N–H and O–H groups in total. The third-order valence-corrected chi connectivity index (χ3v) is 4.52. The molecule has 0 saturated heterocycles. The van der Waals surface area contributed by atoms with Crippen LogP contribution in [0.15, 0.2) is 65.7 Å². The number of hydrogen-bond acceptors (Lipinski definition) is 1. The third kappa shape index (κ3) is 2.47. The molecule has 0 bridgehead atoms. The highest BCUT2D eigenvalue weighted by Gasteiger charge is 2.16. The Morgan fingerprint density at radius 1 is 1.09 bits per heavy atom. The number of H-pyrrole nitrogens is 1. The molecule has 3 nitrogen and oxygen atoms in total. The number of fused-ring (bicyclic) bond motifs is 1. The van der Waals surface area contributed by atoms with Crippen molar-refractivity contribution < 1.29 is 4.39 Å². The number of para-hydroxylation sites is 1. The summed E-state index contributed by atoms with van der Waals surface area (Å²) in [5, 5.41) is 1.11. The molecular weight excluding hydrogens is 357 g/mol. The Morgan fingerprint density at radius 2 is 1.87 bits per heavy atom. The summed E-state index contributed by atoms with van der Waals surface area (Å²) < 4.78 is 16.7. The number of aromatic nitrogens is 3. The lowest BCUT2D eigenvalue weighted by Crippen LogP contribution is -2.02. The van der Waals surface area contributed by atoms with E-state index in [1.54, 1.807) is 18.5 Å². The summed E-state index contributed by atoms with van der Waals surface area (Å²) >= 11 is 3.52. The van der Waals surface area contributed by atoms with Gasteiger partial charge in [-0.3, -0.25) is 0 Å². The predicted molar refractivity (Wildman–Crippen MR) is 92.7 cm³/mol. The van der Waals surface area contributed by atoms with Crippen molar-refractivity contribution in [2.45, 2.75) is 6.54 Å². The molecule has 0 aliphatic carbocycles. The Balaban J connectivity index is 1.84. The van der Waals surface area contributed by atoms with Crippen LogP contribution in [-0.4, -0.2) is 14.5 Å². The monoisotopic (exact) mass is 369 g/mol. The molecule has 0 atom stereocenters. The molecule has 0 saturated carbocycles. The molecule has 5 heteroatoms. The Hall–Kier alpha value is -2.40. The van der Waals surface area contributed by atoms with Crippen LogP contribution in [0.1, 0.15) is 5.56 Å². The first-order valence-electron chi connectivity index (χ1n) is 7.24. The highest BCUT2D eigenvalue weighted by Crippen LogP contribution is 2.33. The van der Waals surface area contributed by atoms with Gasteiger partial charge in [-0.2, -0.15) is 0 Å². The molecule has 2 aromatic heterocycles. The number of nitrogens with zero attached hydrogens (tertiary/aromatic N) is 2. The number of benzene rings is 2. The summed E-state index contributed by atoms with van der Waals surface area (Å²) in [4.78, 5) is 7.62. The minimum atomic E-state index is -0.206. The number of hydrogen-bond donors (Lipinski definition) is 1. The molecular formula is C18H13BrFN3. The van der Waals surface area contributed by atoms with Crippen LogP contribution in [0.25, 0.3) is 22.2 Å². The van der Waals surface area contributed by atoms with Gasteiger partial charge in [-0.15, -0.1) is 0 Å². The summed E-state index contributed by atoms with van der Waals surface area (Å²) in [5.74, 6) is -0.206. The molecule has 114 valence electrons. The Morgan fingerprint density at radius 3 is 2.74 bits per heavy atom. The van der Waals surface area contributed by atoms with Gasteiger partial charge in [-0.1, -0.05) is 36.4 Å². The van der Waals surface area contributed by atoms with Crippen molar-refractivity contribution in [1.29, 1.82) is 0 Å². The van der Waals surface area contributed by atoms with Gasteiger partial charge in [-0.05, 0) is 28.1 Å². The van der Waals surface area contributed by atoms with Gasteiger partial charge < -0.3 is 9.55 Å². The van der Waals surface area contributed by atoms with E-state index in [2.05, 4.69) is 32.0 Å². The molecule has 0 amide bonds. The van der Waals surface area contributed by atoms with Gasteiger partial charge in [0.1, 0.15) is 10.4 Å². The van der Waals surface area contributed by atoms with Crippen molar-refractivity contribution in [3.05, 3.63) is 77.0 Å². The molecule has 0 aliphatic rings. The van der Waals surface area contributed by atoms with Crippen molar-refractivity contribution in [2.24, 2.45) is 0 Å². The largest absolute Gasteiger partial charge is 0.360 e. The first kappa shape index (κ1) is 14.2. The van der Waals surface area contributed by atoms with Crippen LogP contribution in [-0.2, 0) is 6.54 Å². The maximum Gasteiger partial charge on any atom is 0.132 e. The molecule has 0 radical (unpaired) electrons. The standard InChI is InChI=1S/C18H13BrFN3/c19-18-17(14-9-21-16-8-4-2-6-13(14)16)23(11-22-18)10-12-5-1-3-7-15(12)20/h1-9,11,21H,10H2. The van der Waals surface area contributed by atoms with Gasteiger partial charge in [0.2, 0.25) is 0 Å². The molecule has 0 aliphatic heterocycles. The van der Waals surface area contributed by atoms with E-state index >= 15 is 0 Å². The lowest BCUT2D eigenvalue weighted by Gasteiger charge is -2.09. The zero-order valence-corrected chi connectivity index (χ0v) is 13.7. The van der Waals surface area contributed by atoms with Crippen molar-refractivity contribution in [3.8, 4) is 11.3 Å². The molecule has 4 aromatic rings. The summed E-state index contributed by atoms with van der Waals surface area (Å²) in [6, 6.07) is 14.9. The van der Waals surface area contributed by atoms with Crippen LogP contribution in [0.3, 0.4) is 0 Å². The Labute approximate surface area is 140 Å². The van der Waals surface area contributed by atoms with Gasteiger partial charge in [-0.25, -0.2) is 9.37 Å². The van der Waals surface area contributed by atoms with E-state index in [4.69, 9.17) is 0 Å². The van der Waals surface area contributed by atoms with Gasteiger partial charge in [0.05, 0.1) is 18.6 Å². The van der Waals surface area contributed by atoms with E-state index in [0.717, 1.165) is 26.8 Å². The Bertz CT molecular complexity index is 987. The number of nitrogens with one attached hydrogen (secondary N) is 1. The average molecular weight is 370 g/mol. The molecule has 0 spiro atoms. The summed E-state index contributed by atoms with van der Waals surface area (Å²) in [7, 11) is 0. The fourth-order valence-electron chi connectivity index (χ4n) is 2.82. The zero-order valence-electron chi connectivity index (χ0n) is 12.1. The van der Waals surface area contributed by atoms with Crippen molar-refractivity contribution >= 4 is 26.8 Å². The lowest BCUT2D eigenvalue weighted by molar-refractivity contribution is 0.600. The average Bonchev–Trinajstić information content (AvgIpc) is 3.13. The van der Waals surface area contributed by atoms with Crippen LogP contribution < -0.4 is 0 Å². The van der Waals surface area contributed by atoms with Gasteiger partial charge in [0.15, 0.2) is 0 Å². The van der Waals surface area contributed by atoms with Gasteiger partial charge in [0, 0.05) is 28.2 Å². The maximum atomic E-state index is 14.0. The second-order valence-electron chi connectivity index (χ2n) is 5.35. The molecule has 2 heterocycles. The van der Waals surface area contributed by atoms with Crippen LogP contribution in [0.4, 0.5) is 4.39 Å². The van der Waals surface area contributed by atoms with E-state index in [-0.39, 0.29) is 5.82 Å². The SMILES string of the molecule is Fc1ccccc1Cn1cnc(Br)c1-c1c[nH]c2ccccc12. The predicted octanol–water partition coefficient (Wildman–Crippen LogP) is 4.98. The van der Waals surface area contributed by atoms with Gasteiger partial charge in [0.25, 0.3) is 0 Å². The fraction of sp³-hybridized carbons (Fsp3) is 0.0556. The highest BCUT2D eigenvalue weighted by atomic mass is 79.9. The van der Waals surface area contributed by atoms with Crippen LogP contribution in [0, 0.1) is 5.82 Å². The van der Waals surface area contributed by atoms with E-state index in [1.165, 1.54) is 6.07 Å². The maximum absolute atomic E-state index is 14.0. The van der Waals surface area contributed by atoms with Crippen molar-refractivity contribution in [3.63, 3.8) is 0 Å². The zero-order chi connectivity index (χ0) is 15.8. The lowest BCUT2D eigenvalue weighted by atomic mass is 10.1. The number of aromatic amines is 1. The summed E-state index contributed by atoms with van der Waals surface area (Å²) in [6.45, 7) is 0.431. The quantitative estimate of drug-likeness (QED) is 0.542. The van der Waals surface area contributed by atoms with Crippen LogP contribution in [0.2, 0.25) is 0 Å². The van der Waals surface area contributed by atoms with Crippen molar-refractivity contribution in [2.75, 3.05) is 0 Å².